The van der Waals surface area contributed by atoms with E-state index in [2.05, 4.69) is 5.32 Å². The van der Waals surface area contributed by atoms with Gasteiger partial charge in [-0.15, -0.1) is 0 Å². The molecule has 1 saturated heterocycles. The Hall–Kier alpha value is -2.29. The van der Waals surface area contributed by atoms with Crippen molar-refractivity contribution in [2.24, 2.45) is 5.92 Å². The van der Waals surface area contributed by atoms with Crippen molar-refractivity contribution in [1.29, 1.82) is 0 Å². The fraction of sp³-hybridized carbons (Fsp3) is 0.529. The molecule has 2 atom stereocenters. The molecular weight excluding hydrogens is 362 g/mol. The Morgan fingerprint density at radius 3 is 2.81 bits per heavy atom. The Morgan fingerprint density at radius 2 is 2.08 bits per heavy atom. The van der Waals surface area contributed by atoms with E-state index in [9.17, 15) is 18.0 Å². The number of nitrogens with one attached hydrogen (secondary N) is 1. The van der Waals surface area contributed by atoms with Crippen molar-refractivity contribution in [1.82, 2.24) is 5.32 Å². The molecule has 3 rings (SSSR count). The maximum absolute atomic E-state index is 12.1. The number of hydrogen-bond acceptors (Lipinski definition) is 7. The lowest BCUT2D eigenvalue weighted by Gasteiger charge is -2.15. The highest BCUT2D eigenvalue weighted by molar-refractivity contribution is 7.91. The van der Waals surface area contributed by atoms with Crippen LogP contribution in [0.1, 0.15) is 25.3 Å². The molecule has 142 valence electrons. The van der Waals surface area contributed by atoms with E-state index in [0.717, 1.165) is 5.56 Å². The van der Waals surface area contributed by atoms with Crippen molar-refractivity contribution < 1.29 is 32.2 Å². The first-order valence-corrected chi connectivity index (χ1v) is 10.2. The Balaban J connectivity index is 1.43. The van der Waals surface area contributed by atoms with E-state index in [-0.39, 0.29) is 37.2 Å². The summed E-state index contributed by atoms with van der Waals surface area (Å²) in [4.78, 5) is 24.0. The average molecular weight is 383 g/mol. The molecule has 1 fully saturated rings. The first-order chi connectivity index (χ1) is 12.3. The minimum atomic E-state index is -3.04. The SMILES string of the molecule is C[C@@H](OC(=O)C[C@H]1CCS(=O)(=O)C1)C(=O)NCc1ccc2c(c1)OCO2. The topological polar surface area (TPSA) is 108 Å². The smallest absolute Gasteiger partial charge is 0.306 e. The summed E-state index contributed by atoms with van der Waals surface area (Å²) in [6.07, 6.45) is -0.476. The first kappa shape index (κ1) is 18.5. The van der Waals surface area contributed by atoms with Crippen molar-refractivity contribution >= 4 is 21.7 Å². The van der Waals surface area contributed by atoms with Crippen LogP contribution >= 0.6 is 0 Å². The monoisotopic (exact) mass is 383 g/mol. The van der Waals surface area contributed by atoms with Crippen LogP contribution in [-0.4, -0.2) is 44.7 Å². The van der Waals surface area contributed by atoms with Crippen molar-refractivity contribution in [3.63, 3.8) is 0 Å². The zero-order valence-corrected chi connectivity index (χ0v) is 15.2. The Morgan fingerprint density at radius 1 is 1.31 bits per heavy atom. The molecule has 1 aromatic rings. The van der Waals surface area contributed by atoms with E-state index in [4.69, 9.17) is 14.2 Å². The number of benzene rings is 1. The van der Waals surface area contributed by atoms with Gasteiger partial charge in [0.25, 0.3) is 5.91 Å². The van der Waals surface area contributed by atoms with E-state index < -0.39 is 27.8 Å². The summed E-state index contributed by atoms with van der Waals surface area (Å²) in [6.45, 7) is 1.93. The highest BCUT2D eigenvalue weighted by atomic mass is 32.2. The van der Waals surface area contributed by atoms with E-state index in [1.54, 1.807) is 12.1 Å². The lowest BCUT2D eigenvalue weighted by Crippen LogP contribution is -2.35. The van der Waals surface area contributed by atoms with E-state index in [0.29, 0.717) is 17.9 Å². The van der Waals surface area contributed by atoms with Crippen LogP contribution in [0.15, 0.2) is 18.2 Å². The van der Waals surface area contributed by atoms with Crippen LogP contribution < -0.4 is 14.8 Å². The third-order valence-electron chi connectivity index (χ3n) is 4.36. The van der Waals surface area contributed by atoms with Gasteiger partial charge in [0, 0.05) is 13.0 Å². The van der Waals surface area contributed by atoms with Crippen LogP contribution in [0.4, 0.5) is 0 Å². The second-order valence-corrected chi connectivity index (χ2v) is 8.74. The minimum Gasteiger partial charge on any atom is -0.454 e. The normalized spacial score (nSPS) is 21.2. The molecule has 1 aromatic carbocycles. The predicted octanol–water partition coefficient (Wildman–Crippen LogP) is 0.788. The van der Waals surface area contributed by atoms with Gasteiger partial charge in [-0.25, -0.2) is 8.42 Å². The number of rotatable bonds is 6. The zero-order chi connectivity index (χ0) is 18.7. The number of fused-ring (bicyclic) bond motifs is 1. The van der Waals surface area contributed by atoms with Gasteiger partial charge < -0.3 is 19.5 Å². The molecule has 1 amide bonds. The Bertz CT molecular complexity index is 805. The highest BCUT2D eigenvalue weighted by Gasteiger charge is 2.30. The lowest BCUT2D eigenvalue weighted by atomic mass is 10.1. The second kappa shape index (κ2) is 7.53. The van der Waals surface area contributed by atoms with Crippen molar-refractivity contribution in [2.45, 2.75) is 32.4 Å². The minimum absolute atomic E-state index is 0.00674. The van der Waals surface area contributed by atoms with E-state index >= 15 is 0 Å². The Labute approximate surface area is 151 Å². The summed E-state index contributed by atoms with van der Waals surface area (Å²) < 4.78 is 38.4. The molecule has 0 unspecified atom stereocenters. The summed E-state index contributed by atoms with van der Waals surface area (Å²) in [6, 6.07) is 5.35. The summed E-state index contributed by atoms with van der Waals surface area (Å²) in [5.74, 6) is 0.201. The van der Waals surface area contributed by atoms with Gasteiger partial charge in [0.15, 0.2) is 27.4 Å². The molecule has 0 spiro atoms. The van der Waals surface area contributed by atoms with Gasteiger partial charge in [0.2, 0.25) is 6.79 Å². The van der Waals surface area contributed by atoms with Crippen LogP contribution in [0.25, 0.3) is 0 Å². The number of hydrogen-bond donors (Lipinski definition) is 1. The highest BCUT2D eigenvalue weighted by Crippen LogP contribution is 2.32. The lowest BCUT2D eigenvalue weighted by molar-refractivity contribution is -0.155. The predicted molar refractivity (Wildman–Crippen MR) is 91.3 cm³/mol. The van der Waals surface area contributed by atoms with Crippen molar-refractivity contribution in [3.8, 4) is 11.5 Å². The van der Waals surface area contributed by atoms with Gasteiger partial charge in [-0.2, -0.15) is 0 Å². The summed E-state index contributed by atoms with van der Waals surface area (Å²) in [5, 5.41) is 2.69. The second-order valence-electron chi connectivity index (χ2n) is 6.51. The van der Waals surface area contributed by atoms with Gasteiger partial charge in [-0.1, -0.05) is 6.07 Å². The molecule has 0 saturated carbocycles. The molecule has 9 heteroatoms. The quantitative estimate of drug-likeness (QED) is 0.724. The van der Waals surface area contributed by atoms with E-state index in [1.165, 1.54) is 6.92 Å². The average Bonchev–Trinajstić information content (AvgIpc) is 3.17. The number of sulfone groups is 1. The largest absolute Gasteiger partial charge is 0.454 e. The molecule has 0 aliphatic carbocycles. The first-order valence-electron chi connectivity index (χ1n) is 8.38. The summed E-state index contributed by atoms with van der Waals surface area (Å²) in [5.41, 5.74) is 0.831. The van der Waals surface area contributed by atoms with Crippen LogP contribution in [0, 0.1) is 5.92 Å². The molecule has 2 heterocycles. The van der Waals surface area contributed by atoms with Gasteiger partial charge in [-0.3, -0.25) is 9.59 Å². The summed E-state index contributed by atoms with van der Waals surface area (Å²) >= 11 is 0. The van der Waals surface area contributed by atoms with Crippen LogP contribution in [-0.2, 0) is 30.7 Å². The zero-order valence-electron chi connectivity index (χ0n) is 14.4. The van der Waals surface area contributed by atoms with Crippen molar-refractivity contribution in [3.05, 3.63) is 23.8 Å². The fourth-order valence-corrected chi connectivity index (χ4v) is 4.81. The summed E-state index contributed by atoms with van der Waals surface area (Å²) in [7, 11) is -3.04. The van der Waals surface area contributed by atoms with Gasteiger partial charge in [0.1, 0.15) is 0 Å². The van der Waals surface area contributed by atoms with Crippen LogP contribution in [0.2, 0.25) is 0 Å². The molecule has 8 nitrogen and oxygen atoms in total. The van der Waals surface area contributed by atoms with Gasteiger partial charge in [-0.05, 0) is 37.0 Å². The standard InChI is InChI=1S/C17H21NO7S/c1-11(25-16(19)7-13-4-5-26(21,22)9-13)17(20)18-8-12-2-3-14-15(6-12)24-10-23-14/h2-3,6,11,13H,4-5,7-10H2,1H3,(H,18,20)/t11-,13-/m1/s1. The number of amides is 1. The molecule has 1 N–H and O–H groups in total. The van der Waals surface area contributed by atoms with Crippen LogP contribution in [0.3, 0.4) is 0 Å². The number of ether oxygens (including phenoxy) is 3. The molecular formula is C17H21NO7S. The molecule has 26 heavy (non-hydrogen) atoms. The maximum atomic E-state index is 12.1. The van der Waals surface area contributed by atoms with Crippen molar-refractivity contribution in [2.75, 3.05) is 18.3 Å². The number of carbonyl (C=O) groups excluding carboxylic acids is 2. The van der Waals surface area contributed by atoms with E-state index in [1.807, 2.05) is 6.07 Å². The molecule has 0 aromatic heterocycles. The third kappa shape index (κ3) is 4.66. The molecule has 2 aliphatic heterocycles. The molecule has 0 bridgehead atoms. The fourth-order valence-electron chi connectivity index (χ4n) is 2.95. The molecule has 0 radical (unpaired) electrons. The van der Waals surface area contributed by atoms with Gasteiger partial charge in [0.05, 0.1) is 11.5 Å². The van der Waals surface area contributed by atoms with Gasteiger partial charge >= 0.3 is 5.97 Å². The van der Waals surface area contributed by atoms with Crippen LogP contribution in [0.5, 0.6) is 11.5 Å². The molecule has 2 aliphatic rings. The third-order valence-corrected chi connectivity index (χ3v) is 6.20. The number of esters is 1. The Kier molecular flexibility index (Phi) is 5.36. The maximum Gasteiger partial charge on any atom is 0.306 e. The number of carbonyl (C=O) groups is 2.